The van der Waals surface area contributed by atoms with Crippen LogP contribution in [-0.4, -0.2) is 122 Å². The molecule has 20 rings (SSSR count). The zero-order valence-electron chi connectivity index (χ0n) is 74.0. The monoisotopic (exact) mass is 1710 g/mol. The summed E-state index contributed by atoms with van der Waals surface area (Å²) in [6.45, 7) is 27.9. The Kier molecular flexibility index (Phi) is 24.0. The number of aromatic amines is 5. The standard InChI is InChI=1S/2C21H24N6O.C18H20N6O.2C16H18N6O/c1-12(2)18-19(24-20-14(10-22)11-23-27(20)21(18)28)16-9-17(13-7-8-13)26(25-16)15-5-3-4-6-15;1-12(2)18-19(24-20-14(10-22)11-23-27(20)21(18)28)17-9-16(13-7-8-13)25-26(17)15-5-3-4-6-15;1-11(2)15-16(14-7-8-23(22-14)13-5-3-4-6-13)21-17-12(9-19)10-20-24(17)18(15)25;1-9(2)13-14(12-5-6-21(20-12)10(3)4)19-15-11(7-17)8-18-22(15)16(13)23;1-9(2)13-14(12-5-6-18-21(12)10(3)4)20-15-11(7-17)8-19-22(15)16(13)23/h2*9,11-13,15,23H,3-8H2,1-2H3;7-8,10-11,13,20H,3-6H2,1-2H3;5-6,8-10,18H,1-4H3;5-6,8-10,19H,1-4H3. The number of fused-ring (bicyclic) bond motifs is 5. The fourth-order valence-corrected chi connectivity index (χ4v) is 17.9. The summed E-state index contributed by atoms with van der Waals surface area (Å²) in [7, 11) is 0. The number of H-pyrrole nitrogens is 5. The highest BCUT2D eigenvalue weighted by Crippen LogP contribution is 2.46. The molecule has 5 fully saturated rings. The molecule has 15 heterocycles. The second-order valence-corrected chi connectivity index (χ2v) is 35.8. The Morgan fingerprint density at radius 3 is 1.06 bits per heavy atom. The molecule has 0 amide bonds. The van der Waals surface area contributed by atoms with Gasteiger partial charge in [0.05, 0.1) is 46.6 Å². The number of rotatable bonds is 17. The number of nitrogens with zero attached hydrogens (tertiary/aromatic N) is 25. The SMILES string of the molecule is CC(C)c1c(-c2cc(C3CC3)n(C3CCCC3)n2)nc2c(C#N)c[nH]n2c1=O.CC(C)c1c(-c2cc(C3CC3)nn2C2CCCC2)nc2c(C#N)c[nH]n2c1=O.CC(C)c1c(-c2ccn(C(C)C)n2)nc2c(C#N)c[nH]n2c1=O.CC(C)c1c(-c2ccn(C3CCCC3)n2)nc2c(C#N)c[nH]n2c1=O.CC(C)c1c(-c2ccnn2C(C)C)nc2c(C#N)c[nH]n2c1=O. The molecule has 35 nitrogen and oxygen atoms in total. The lowest BCUT2D eigenvalue weighted by molar-refractivity contribution is 0.451. The first-order valence-corrected chi connectivity index (χ1v) is 44.2. The largest absolute Gasteiger partial charge is 0.295 e. The maximum Gasteiger partial charge on any atom is 0.276 e. The molecule has 0 aromatic carbocycles. The van der Waals surface area contributed by atoms with Crippen molar-refractivity contribution in [2.75, 3.05) is 0 Å². The number of hydrogen-bond acceptors (Lipinski definition) is 20. The lowest BCUT2D eigenvalue weighted by Crippen LogP contribution is -2.23. The van der Waals surface area contributed by atoms with E-state index in [0.717, 1.165) is 48.5 Å². The summed E-state index contributed by atoms with van der Waals surface area (Å²) >= 11 is 0. The molecule has 0 unspecified atom stereocenters. The van der Waals surface area contributed by atoms with Gasteiger partial charge in [0.1, 0.15) is 92.3 Å². The molecule has 15 aromatic heterocycles. The van der Waals surface area contributed by atoms with Crippen molar-refractivity contribution in [2.24, 2.45) is 0 Å². The Bertz CT molecular complexity index is 7240. The molecular weight excluding hydrogens is 1610 g/mol. The minimum absolute atomic E-state index is 0.00161. The van der Waals surface area contributed by atoms with Gasteiger partial charge in [-0.3, -0.25) is 72.9 Å². The van der Waals surface area contributed by atoms with Crippen LogP contribution in [-0.2, 0) is 0 Å². The normalized spacial score (nSPS) is 15.0. The van der Waals surface area contributed by atoms with E-state index in [2.05, 4.69) is 96.4 Å². The van der Waals surface area contributed by atoms with Crippen molar-refractivity contribution >= 4 is 28.2 Å². The van der Waals surface area contributed by atoms with Gasteiger partial charge in [-0.2, -0.15) is 51.8 Å². The number of nitrogens with one attached hydrogen (secondary N) is 5. The van der Waals surface area contributed by atoms with Gasteiger partial charge in [-0.25, -0.2) is 47.5 Å². The van der Waals surface area contributed by atoms with E-state index in [-0.39, 0.29) is 69.5 Å². The average Bonchev–Trinajstić information content (AvgIpc) is 1.63. The van der Waals surface area contributed by atoms with Gasteiger partial charge in [-0.15, -0.1) is 0 Å². The Labute approximate surface area is 730 Å². The van der Waals surface area contributed by atoms with Crippen molar-refractivity contribution < 1.29 is 0 Å². The van der Waals surface area contributed by atoms with Crippen molar-refractivity contribution in [3.05, 3.63) is 199 Å². The lowest BCUT2D eigenvalue weighted by atomic mass is 10.0. The van der Waals surface area contributed by atoms with Gasteiger partial charge in [-0.05, 0) is 152 Å². The molecule has 5 saturated carbocycles. The van der Waals surface area contributed by atoms with Crippen LogP contribution in [0.15, 0.2) is 104 Å². The molecule has 0 spiro atoms. The predicted octanol–water partition coefficient (Wildman–Crippen LogP) is 15.7. The smallest absolute Gasteiger partial charge is 0.276 e. The molecule has 652 valence electrons. The highest BCUT2D eigenvalue weighted by Gasteiger charge is 2.36. The third-order valence-corrected chi connectivity index (χ3v) is 24.6. The molecule has 35 heteroatoms. The van der Waals surface area contributed by atoms with Gasteiger partial charge >= 0.3 is 0 Å². The van der Waals surface area contributed by atoms with Gasteiger partial charge < -0.3 is 0 Å². The minimum atomic E-state index is -0.194. The third kappa shape index (κ3) is 16.2. The van der Waals surface area contributed by atoms with Crippen LogP contribution in [0.25, 0.3) is 85.2 Å². The first-order chi connectivity index (χ1) is 61.1. The van der Waals surface area contributed by atoms with E-state index in [1.165, 1.54) is 130 Å². The average molecular weight is 1710 g/mol. The summed E-state index contributed by atoms with van der Waals surface area (Å²) in [6, 6.07) is 21.9. The molecular formula is C92H104N30O5. The number of aromatic nitrogens is 25. The molecule has 0 atom stereocenters. The van der Waals surface area contributed by atoms with Gasteiger partial charge in [0.25, 0.3) is 27.8 Å². The van der Waals surface area contributed by atoms with Crippen LogP contribution in [0.5, 0.6) is 0 Å². The Morgan fingerprint density at radius 1 is 0.354 bits per heavy atom. The number of nitriles is 5. The van der Waals surface area contributed by atoms with Gasteiger partial charge in [0.2, 0.25) is 0 Å². The maximum atomic E-state index is 13.2. The van der Waals surface area contributed by atoms with Gasteiger partial charge in [0, 0.05) is 107 Å². The molecule has 0 saturated heterocycles. The lowest BCUT2D eigenvalue weighted by Gasteiger charge is -2.17. The van der Waals surface area contributed by atoms with Gasteiger partial charge in [0.15, 0.2) is 28.2 Å². The highest BCUT2D eigenvalue weighted by atomic mass is 16.2. The molecule has 0 aliphatic heterocycles. The van der Waals surface area contributed by atoms with E-state index in [9.17, 15) is 50.3 Å². The molecule has 15 aromatic rings. The van der Waals surface area contributed by atoms with Crippen molar-refractivity contribution in [1.29, 1.82) is 26.3 Å². The number of hydrogen-bond donors (Lipinski definition) is 5. The second kappa shape index (κ2) is 35.3. The van der Waals surface area contributed by atoms with Crippen LogP contribution < -0.4 is 27.8 Å². The fourth-order valence-electron chi connectivity index (χ4n) is 17.9. The summed E-state index contributed by atoms with van der Waals surface area (Å²) in [5, 5.41) is 84.1. The predicted molar refractivity (Wildman–Crippen MR) is 476 cm³/mol. The molecule has 5 aliphatic rings. The first-order valence-electron chi connectivity index (χ1n) is 44.2. The maximum absolute atomic E-state index is 13.2. The van der Waals surface area contributed by atoms with E-state index < -0.39 is 0 Å². The summed E-state index contributed by atoms with van der Waals surface area (Å²) in [5.41, 5.74) is 15.1. The van der Waals surface area contributed by atoms with E-state index >= 15 is 0 Å². The van der Waals surface area contributed by atoms with Crippen LogP contribution in [0.1, 0.15) is 338 Å². The Hall–Kier alpha value is -14.4. The molecule has 0 radical (unpaired) electrons. The minimum Gasteiger partial charge on any atom is -0.295 e. The fraction of sp³-hybridized carbons (Fsp3) is 0.457. The van der Waals surface area contributed by atoms with E-state index in [4.69, 9.17) is 25.3 Å². The summed E-state index contributed by atoms with van der Waals surface area (Å²) in [5.74, 6) is 1.11. The quantitative estimate of drug-likeness (QED) is 0.0565. The van der Waals surface area contributed by atoms with Crippen LogP contribution in [0.2, 0.25) is 0 Å². The highest BCUT2D eigenvalue weighted by molar-refractivity contribution is 5.71. The summed E-state index contributed by atoms with van der Waals surface area (Å²) in [6.07, 6.45) is 32.2. The van der Waals surface area contributed by atoms with Crippen LogP contribution in [0.3, 0.4) is 0 Å². The van der Waals surface area contributed by atoms with Crippen LogP contribution in [0, 0.1) is 56.7 Å². The third-order valence-electron chi connectivity index (χ3n) is 24.6. The second-order valence-electron chi connectivity index (χ2n) is 35.8. The molecule has 127 heavy (non-hydrogen) atoms. The van der Waals surface area contributed by atoms with E-state index in [0.29, 0.717) is 154 Å². The topological polar surface area (TPSA) is 459 Å². The van der Waals surface area contributed by atoms with Crippen molar-refractivity contribution in [3.8, 4) is 87.3 Å². The Balaban J connectivity index is 0.000000117. The zero-order valence-corrected chi connectivity index (χ0v) is 74.0. The van der Waals surface area contributed by atoms with Crippen molar-refractivity contribution in [1.82, 2.24) is 122 Å². The van der Waals surface area contributed by atoms with Gasteiger partial charge in [-0.1, -0.05) is 108 Å². The zero-order chi connectivity index (χ0) is 89.8. The Morgan fingerprint density at radius 2 is 0.701 bits per heavy atom. The molecule has 0 bridgehead atoms. The molecule has 5 aliphatic carbocycles. The van der Waals surface area contributed by atoms with E-state index in [1.54, 1.807) is 12.4 Å². The summed E-state index contributed by atoms with van der Waals surface area (Å²) < 4.78 is 16.7. The molecule has 5 N–H and O–H groups in total. The van der Waals surface area contributed by atoms with Crippen LogP contribution >= 0.6 is 0 Å². The van der Waals surface area contributed by atoms with Crippen LogP contribution in [0.4, 0.5) is 0 Å². The summed E-state index contributed by atoms with van der Waals surface area (Å²) in [4.78, 5) is 88.3. The first kappa shape index (κ1) is 86.1. The van der Waals surface area contributed by atoms with E-state index in [1.807, 2.05) is 148 Å². The van der Waals surface area contributed by atoms with Crippen molar-refractivity contribution in [3.63, 3.8) is 0 Å². The van der Waals surface area contributed by atoms with Crippen molar-refractivity contribution in [2.45, 2.75) is 271 Å².